The highest BCUT2D eigenvalue weighted by Crippen LogP contribution is 2.38. The van der Waals surface area contributed by atoms with E-state index in [1.807, 2.05) is 43.3 Å². The molecule has 0 saturated heterocycles. The second kappa shape index (κ2) is 4.51. The fourth-order valence-electron chi connectivity index (χ4n) is 1.88. The van der Waals surface area contributed by atoms with Gasteiger partial charge in [-0.3, -0.25) is 0 Å². The molecular formula is C14H16O2S. The van der Waals surface area contributed by atoms with Crippen LogP contribution in [0.5, 0.6) is 5.75 Å². The van der Waals surface area contributed by atoms with Crippen LogP contribution in [0, 0.1) is 6.92 Å². The maximum atomic E-state index is 10.7. The van der Waals surface area contributed by atoms with Gasteiger partial charge in [-0.2, -0.15) is 0 Å². The van der Waals surface area contributed by atoms with Crippen molar-refractivity contribution >= 4 is 11.3 Å². The van der Waals surface area contributed by atoms with Crippen molar-refractivity contribution in [2.24, 2.45) is 0 Å². The smallest absolute Gasteiger partial charge is 0.125 e. The van der Waals surface area contributed by atoms with E-state index in [2.05, 4.69) is 0 Å². The molecule has 0 aliphatic rings. The molecule has 2 rings (SSSR count). The Kier molecular flexibility index (Phi) is 3.22. The fraction of sp³-hybridized carbons (Fsp3) is 0.286. The zero-order valence-corrected chi connectivity index (χ0v) is 11.0. The van der Waals surface area contributed by atoms with Gasteiger partial charge in [-0.1, -0.05) is 18.2 Å². The van der Waals surface area contributed by atoms with Gasteiger partial charge in [-0.15, -0.1) is 11.3 Å². The predicted octanol–water partition coefficient (Wildman–Crippen LogP) is 3.32. The first-order valence-electron chi connectivity index (χ1n) is 5.48. The van der Waals surface area contributed by atoms with Crippen LogP contribution in [0.25, 0.3) is 0 Å². The number of hydrogen-bond donors (Lipinski definition) is 1. The summed E-state index contributed by atoms with van der Waals surface area (Å²) in [5.41, 5.74) is -0.213. The number of benzene rings is 1. The lowest BCUT2D eigenvalue weighted by atomic mass is 9.93. The molecule has 0 fully saturated rings. The molecule has 1 aromatic carbocycles. The van der Waals surface area contributed by atoms with E-state index in [-0.39, 0.29) is 0 Å². The average Bonchev–Trinajstić information content (AvgIpc) is 2.76. The molecule has 90 valence electrons. The van der Waals surface area contributed by atoms with Gasteiger partial charge in [0.2, 0.25) is 0 Å². The molecule has 1 aromatic heterocycles. The standard InChI is InChI=1S/C14H16O2S/c1-10-8-9-13(17-10)14(2,15)11-6-4-5-7-12(11)16-3/h4-9,15H,1-3H3. The number of methoxy groups -OCH3 is 1. The van der Waals surface area contributed by atoms with Gasteiger partial charge in [0.1, 0.15) is 11.4 Å². The average molecular weight is 248 g/mol. The van der Waals surface area contributed by atoms with Crippen LogP contribution in [0.15, 0.2) is 36.4 Å². The Morgan fingerprint density at radius 3 is 2.47 bits per heavy atom. The van der Waals surface area contributed by atoms with E-state index < -0.39 is 5.60 Å². The third-order valence-corrected chi connectivity index (χ3v) is 4.06. The van der Waals surface area contributed by atoms with Crippen LogP contribution in [0.3, 0.4) is 0 Å². The normalized spacial score (nSPS) is 14.4. The second-order valence-corrected chi connectivity index (χ2v) is 5.47. The van der Waals surface area contributed by atoms with Gasteiger partial charge in [0.15, 0.2) is 0 Å². The van der Waals surface area contributed by atoms with Crippen molar-refractivity contribution in [3.63, 3.8) is 0 Å². The van der Waals surface area contributed by atoms with Crippen molar-refractivity contribution in [3.8, 4) is 5.75 Å². The van der Waals surface area contributed by atoms with Crippen LogP contribution in [-0.2, 0) is 5.60 Å². The lowest BCUT2D eigenvalue weighted by molar-refractivity contribution is 0.103. The highest BCUT2D eigenvalue weighted by molar-refractivity contribution is 7.12. The Hall–Kier alpha value is -1.32. The van der Waals surface area contributed by atoms with Gasteiger partial charge >= 0.3 is 0 Å². The zero-order chi connectivity index (χ0) is 12.5. The van der Waals surface area contributed by atoms with E-state index in [9.17, 15) is 5.11 Å². The molecule has 1 N–H and O–H groups in total. The Morgan fingerprint density at radius 1 is 1.18 bits per heavy atom. The highest BCUT2D eigenvalue weighted by atomic mass is 32.1. The summed E-state index contributed by atoms with van der Waals surface area (Å²) in [6, 6.07) is 11.6. The molecule has 3 heteroatoms. The number of aliphatic hydroxyl groups is 1. The van der Waals surface area contributed by atoms with Gasteiger partial charge in [0.05, 0.1) is 7.11 Å². The molecular weight excluding hydrogens is 232 g/mol. The van der Waals surface area contributed by atoms with Crippen LogP contribution in [0.1, 0.15) is 22.2 Å². The van der Waals surface area contributed by atoms with E-state index in [1.165, 1.54) is 4.88 Å². The van der Waals surface area contributed by atoms with Gasteiger partial charge in [-0.05, 0) is 32.0 Å². The molecule has 1 unspecified atom stereocenters. The third-order valence-electron chi connectivity index (χ3n) is 2.85. The van der Waals surface area contributed by atoms with Gasteiger partial charge < -0.3 is 9.84 Å². The maximum absolute atomic E-state index is 10.7. The minimum atomic E-state index is -1.01. The first kappa shape index (κ1) is 12.1. The number of ether oxygens (including phenoxy) is 1. The minimum Gasteiger partial charge on any atom is -0.496 e. The molecule has 0 bridgehead atoms. The summed E-state index contributed by atoms with van der Waals surface area (Å²) >= 11 is 1.60. The van der Waals surface area contributed by atoms with E-state index >= 15 is 0 Å². The van der Waals surface area contributed by atoms with Crippen LogP contribution in [-0.4, -0.2) is 12.2 Å². The van der Waals surface area contributed by atoms with Crippen molar-refractivity contribution < 1.29 is 9.84 Å². The van der Waals surface area contributed by atoms with Crippen molar-refractivity contribution in [2.45, 2.75) is 19.4 Å². The molecule has 0 radical (unpaired) electrons. The molecule has 0 amide bonds. The SMILES string of the molecule is COc1ccccc1C(C)(O)c1ccc(C)s1. The lowest BCUT2D eigenvalue weighted by Crippen LogP contribution is -2.22. The Bertz CT molecular complexity index is 514. The summed E-state index contributed by atoms with van der Waals surface area (Å²) in [6.45, 7) is 3.84. The van der Waals surface area contributed by atoms with Crippen molar-refractivity contribution in [1.82, 2.24) is 0 Å². The van der Waals surface area contributed by atoms with Crippen LogP contribution < -0.4 is 4.74 Å². The predicted molar refractivity (Wildman–Crippen MR) is 70.7 cm³/mol. The molecule has 0 spiro atoms. The number of hydrogen-bond acceptors (Lipinski definition) is 3. The summed E-state index contributed by atoms with van der Waals surface area (Å²) < 4.78 is 5.30. The number of rotatable bonds is 3. The quantitative estimate of drug-likeness (QED) is 0.903. The van der Waals surface area contributed by atoms with Gasteiger partial charge in [0, 0.05) is 15.3 Å². The third kappa shape index (κ3) is 2.21. The summed E-state index contributed by atoms with van der Waals surface area (Å²) in [5, 5.41) is 10.7. The van der Waals surface area contributed by atoms with Crippen molar-refractivity contribution in [3.05, 3.63) is 51.7 Å². The highest BCUT2D eigenvalue weighted by Gasteiger charge is 2.30. The van der Waals surface area contributed by atoms with Crippen LogP contribution >= 0.6 is 11.3 Å². The maximum Gasteiger partial charge on any atom is 0.125 e. The first-order valence-corrected chi connectivity index (χ1v) is 6.30. The minimum absolute atomic E-state index is 0.712. The summed E-state index contributed by atoms with van der Waals surface area (Å²) in [6.07, 6.45) is 0. The molecule has 2 nitrogen and oxygen atoms in total. The first-order chi connectivity index (χ1) is 8.05. The molecule has 0 saturated carbocycles. The molecule has 0 aliphatic carbocycles. The number of para-hydroxylation sites is 1. The molecule has 2 aromatic rings. The Balaban J connectivity index is 2.50. The number of aryl methyl sites for hydroxylation is 1. The lowest BCUT2D eigenvalue weighted by Gasteiger charge is -2.24. The fourth-order valence-corrected chi connectivity index (χ4v) is 2.80. The Morgan fingerprint density at radius 2 is 1.88 bits per heavy atom. The molecule has 17 heavy (non-hydrogen) atoms. The Labute approximate surface area is 105 Å². The molecule has 1 atom stereocenters. The molecule has 0 aliphatic heterocycles. The monoisotopic (exact) mass is 248 g/mol. The van der Waals surface area contributed by atoms with Crippen molar-refractivity contribution in [1.29, 1.82) is 0 Å². The van der Waals surface area contributed by atoms with Crippen LogP contribution in [0.4, 0.5) is 0 Å². The van der Waals surface area contributed by atoms with E-state index in [0.29, 0.717) is 5.75 Å². The van der Waals surface area contributed by atoms with Crippen molar-refractivity contribution in [2.75, 3.05) is 7.11 Å². The van der Waals surface area contributed by atoms with E-state index in [0.717, 1.165) is 10.4 Å². The largest absolute Gasteiger partial charge is 0.496 e. The summed E-state index contributed by atoms with van der Waals surface area (Å²) in [7, 11) is 1.62. The summed E-state index contributed by atoms with van der Waals surface area (Å²) in [5.74, 6) is 0.712. The van der Waals surface area contributed by atoms with E-state index in [4.69, 9.17) is 4.74 Å². The topological polar surface area (TPSA) is 29.5 Å². The van der Waals surface area contributed by atoms with E-state index in [1.54, 1.807) is 25.4 Å². The molecule has 1 heterocycles. The van der Waals surface area contributed by atoms with Crippen LogP contribution in [0.2, 0.25) is 0 Å². The number of thiophene rings is 1. The second-order valence-electron chi connectivity index (χ2n) is 4.18. The zero-order valence-electron chi connectivity index (χ0n) is 10.2. The van der Waals surface area contributed by atoms with Gasteiger partial charge in [-0.25, -0.2) is 0 Å². The summed E-state index contributed by atoms with van der Waals surface area (Å²) in [4.78, 5) is 2.12. The van der Waals surface area contributed by atoms with Gasteiger partial charge in [0.25, 0.3) is 0 Å².